The zero-order valence-electron chi connectivity index (χ0n) is 52.7. The molecule has 6 nitrogen and oxygen atoms in total. The Morgan fingerprint density at radius 2 is 0.462 bits per heavy atom. The molecule has 0 aromatic heterocycles. The Hall–Kier alpha value is -2.37. The predicted octanol–water partition coefficient (Wildman–Crippen LogP) is 23.9. The molecule has 0 amide bonds. The molecule has 0 spiro atoms. The summed E-state index contributed by atoms with van der Waals surface area (Å²) < 4.78 is 16.9. The average Bonchev–Trinajstić information content (AvgIpc) is 3.44. The van der Waals surface area contributed by atoms with Gasteiger partial charge >= 0.3 is 17.9 Å². The highest BCUT2D eigenvalue weighted by molar-refractivity contribution is 5.71. The fourth-order valence-electron chi connectivity index (χ4n) is 10.6. The van der Waals surface area contributed by atoms with Gasteiger partial charge in [0, 0.05) is 19.3 Å². The van der Waals surface area contributed by atoms with Gasteiger partial charge in [-0.1, -0.05) is 346 Å². The van der Waals surface area contributed by atoms with Crippen LogP contribution < -0.4 is 0 Å². The summed E-state index contributed by atoms with van der Waals surface area (Å²) >= 11 is 0. The van der Waals surface area contributed by atoms with E-state index in [-0.39, 0.29) is 31.1 Å². The van der Waals surface area contributed by atoms with Crippen LogP contribution in [0.3, 0.4) is 0 Å². The van der Waals surface area contributed by atoms with E-state index >= 15 is 0 Å². The molecule has 1 atom stereocenters. The van der Waals surface area contributed by atoms with Gasteiger partial charge in [0.2, 0.25) is 0 Å². The van der Waals surface area contributed by atoms with Crippen molar-refractivity contribution in [2.24, 2.45) is 0 Å². The lowest BCUT2D eigenvalue weighted by Crippen LogP contribution is -2.30. The van der Waals surface area contributed by atoms with E-state index in [0.29, 0.717) is 19.3 Å². The van der Waals surface area contributed by atoms with Gasteiger partial charge in [-0.2, -0.15) is 0 Å². The van der Waals surface area contributed by atoms with Crippen LogP contribution in [-0.4, -0.2) is 37.2 Å². The van der Waals surface area contributed by atoms with Crippen LogP contribution in [0.5, 0.6) is 0 Å². The normalized spacial score (nSPS) is 12.2. The first-order valence-electron chi connectivity index (χ1n) is 35.0. The quantitative estimate of drug-likeness (QED) is 0.0261. The summed E-state index contributed by atoms with van der Waals surface area (Å²) in [6.07, 6.45) is 83.4. The van der Waals surface area contributed by atoms with Crippen LogP contribution in [0.25, 0.3) is 0 Å². The number of esters is 3. The maximum Gasteiger partial charge on any atom is 0.306 e. The van der Waals surface area contributed by atoms with Crippen molar-refractivity contribution >= 4 is 17.9 Å². The predicted molar refractivity (Wildman–Crippen MR) is 339 cm³/mol. The van der Waals surface area contributed by atoms with Crippen LogP contribution in [0.15, 0.2) is 36.5 Å². The van der Waals surface area contributed by atoms with Crippen molar-refractivity contribution in [2.75, 3.05) is 13.2 Å². The maximum absolute atomic E-state index is 12.9. The second-order valence-electron chi connectivity index (χ2n) is 23.8. The number of hydrogen-bond acceptors (Lipinski definition) is 6. The van der Waals surface area contributed by atoms with E-state index in [1.807, 2.05) is 0 Å². The molecule has 458 valence electrons. The Morgan fingerprint density at radius 3 is 0.718 bits per heavy atom. The third-order valence-electron chi connectivity index (χ3n) is 15.9. The molecule has 0 N–H and O–H groups in total. The summed E-state index contributed by atoms with van der Waals surface area (Å²) in [6, 6.07) is 0. The summed E-state index contributed by atoms with van der Waals surface area (Å²) in [5, 5.41) is 0. The van der Waals surface area contributed by atoms with E-state index < -0.39 is 6.10 Å². The van der Waals surface area contributed by atoms with Crippen molar-refractivity contribution in [1.29, 1.82) is 0 Å². The second kappa shape index (κ2) is 67.1. The lowest BCUT2D eigenvalue weighted by molar-refractivity contribution is -0.167. The molecule has 0 bridgehead atoms. The van der Waals surface area contributed by atoms with Crippen molar-refractivity contribution in [1.82, 2.24) is 0 Å². The van der Waals surface area contributed by atoms with Gasteiger partial charge in [0.1, 0.15) is 13.2 Å². The summed E-state index contributed by atoms with van der Waals surface area (Å²) in [7, 11) is 0. The molecule has 0 saturated carbocycles. The Balaban J connectivity index is 4.07. The minimum atomic E-state index is -0.767. The van der Waals surface area contributed by atoms with Gasteiger partial charge in [-0.05, 0) is 57.8 Å². The first kappa shape index (κ1) is 75.6. The van der Waals surface area contributed by atoms with E-state index in [1.54, 1.807) is 0 Å². The number of carbonyl (C=O) groups excluding carboxylic acids is 3. The van der Waals surface area contributed by atoms with E-state index in [1.165, 1.54) is 276 Å². The minimum Gasteiger partial charge on any atom is -0.462 e. The maximum atomic E-state index is 12.9. The lowest BCUT2D eigenvalue weighted by atomic mass is 10.0. The SMILES string of the molecule is CCCCCCC/C=C\C/C=C\C/C=C\CCCCCCCCCCCCCCCCC(=O)OCC(COC(=O)CCCCCCCCCC)OC(=O)CCCCCCCCCCCCCCCCCCCCCCCCC. The topological polar surface area (TPSA) is 78.9 Å². The van der Waals surface area contributed by atoms with Crippen molar-refractivity contribution in [3.05, 3.63) is 36.5 Å². The number of unbranched alkanes of at least 4 members (excludes halogenated alkanes) is 48. The van der Waals surface area contributed by atoms with Crippen molar-refractivity contribution in [2.45, 2.75) is 393 Å². The molecule has 0 aliphatic heterocycles. The Kier molecular flexibility index (Phi) is 65.1. The molecule has 0 heterocycles. The van der Waals surface area contributed by atoms with Gasteiger partial charge < -0.3 is 14.2 Å². The number of ether oxygens (including phenoxy) is 3. The fraction of sp³-hybridized carbons (Fsp3) is 0.875. The van der Waals surface area contributed by atoms with Crippen molar-refractivity contribution in [3.63, 3.8) is 0 Å². The molecule has 6 heteroatoms. The van der Waals surface area contributed by atoms with E-state index in [4.69, 9.17) is 14.2 Å². The smallest absolute Gasteiger partial charge is 0.306 e. The number of allylic oxidation sites excluding steroid dienone is 6. The molecular formula is C72H134O6. The minimum absolute atomic E-state index is 0.0664. The molecular weight excluding hydrogens is 961 g/mol. The zero-order chi connectivity index (χ0) is 56.4. The highest BCUT2D eigenvalue weighted by atomic mass is 16.6. The summed E-state index contributed by atoms with van der Waals surface area (Å²) in [5.41, 5.74) is 0. The number of carbonyl (C=O) groups is 3. The highest BCUT2D eigenvalue weighted by Crippen LogP contribution is 2.18. The molecule has 0 radical (unpaired) electrons. The van der Waals surface area contributed by atoms with E-state index in [2.05, 4.69) is 57.2 Å². The molecule has 0 aliphatic rings. The van der Waals surface area contributed by atoms with Crippen LogP contribution >= 0.6 is 0 Å². The number of rotatable bonds is 65. The lowest BCUT2D eigenvalue weighted by Gasteiger charge is -2.18. The highest BCUT2D eigenvalue weighted by Gasteiger charge is 2.19. The Bertz CT molecular complexity index is 1300. The van der Waals surface area contributed by atoms with Crippen LogP contribution in [0.2, 0.25) is 0 Å². The molecule has 0 aliphatic carbocycles. The molecule has 0 aromatic carbocycles. The van der Waals surface area contributed by atoms with Crippen molar-refractivity contribution in [3.8, 4) is 0 Å². The van der Waals surface area contributed by atoms with Crippen molar-refractivity contribution < 1.29 is 28.6 Å². The van der Waals surface area contributed by atoms with E-state index in [0.717, 1.165) is 70.6 Å². The van der Waals surface area contributed by atoms with Crippen LogP contribution in [0, 0.1) is 0 Å². The fourth-order valence-corrected chi connectivity index (χ4v) is 10.6. The van der Waals surface area contributed by atoms with Gasteiger partial charge in [-0.3, -0.25) is 14.4 Å². The van der Waals surface area contributed by atoms with Crippen LogP contribution in [-0.2, 0) is 28.6 Å². The molecule has 0 rings (SSSR count). The van der Waals surface area contributed by atoms with Crippen LogP contribution in [0.1, 0.15) is 387 Å². The largest absolute Gasteiger partial charge is 0.462 e. The van der Waals surface area contributed by atoms with Crippen LogP contribution in [0.4, 0.5) is 0 Å². The summed E-state index contributed by atoms with van der Waals surface area (Å²) in [4.78, 5) is 38.2. The van der Waals surface area contributed by atoms with Gasteiger partial charge in [0.15, 0.2) is 6.10 Å². The molecule has 0 saturated heterocycles. The molecule has 78 heavy (non-hydrogen) atoms. The summed E-state index contributed by atoms with van der Waals surface area (Å²) in [5.74, 6) is -0.844. The first-order chi connectivity index (χ1) is 38.5. The van der Waals surface area contributed by atoms with Gasteiger partial charge in [-0.25, -0.2) is 0 Å². The molecule has 0 aromatic rings. The average molecular weight is 1100 g/mol. The third kappa shape index (κ3) is 64.5. The zero-order valence-corrected chi connectivity index (χ0v) is 52.7. The van der Waals surface area contributed by atoms with Gasteiger partial charge in [0.25, 0.3) is 0 Å². The Labute approximate surface area is 486 Å². The third-order valence-corrected chi connectivity index (χ3v) is 15.9. The number of hydrogen-bond donors (Lipinski definition) is 0. The molecule has 1 unspecified atom stereocenters. The van der Waals surface area contributed by atoms with E-state index in [9.17, 15) is 14.4 Å². The van der Waals surface area contributed by atoms with Gasteiger partial charge in [0.05, 0.1) is 0 Å². The standard InChI is InChI=1S/C72H134O6/c1-4-7-10-13-16-19-21-23-25-27-29-31-33-34-35-36-37-38-40-41-43-45-47-49-51-53-56-59-62-65-71(74)77-68-69(67-76-70(73)64-61-58-55-18-15-12-9-6-3)78-72(75)66-63-60-57-54-52-50-48-46-44-42-39-32-30-28-26-24-22-20-17-14-11-8-5-2/h21,23,27,29,33-34,69H,4-20,22,24-26,28,30-32,35-68H2,1-3H3/b23-21-,29-27-,34-33-. The second-order valence-corrected chi connectivity index (χ2v) is 23.8. The van der Waals surface area contributed by atoms with Gasteiger partial charge in [-0.15, -0.1) is 0 Å². The molecule has 0 fully saturated rings. The summed E-state index contributed by atoms with van der Waals surface area (Å²) in [6.45, 7) is 6.67. The Morgan fingerprint density at radius 1 is 0.256 bits per heavy atom. The monoisotopic (exact) mass is 1100 g/mol. The first-order valence-corrected chi connectivity index (χ1v) is 35.0.